The molecule has 1 aliphatic heterocycles. The molecule has 2 rings (SSSR count). The maximum atomic E-state index is 3.61. The molecule has 17 heavy (non-hydrogen) atoms. The van der Waals surface area contributed by atoms with E-state index >= 15 is 0 Å². The number of hydrogen-bond donors (Lipinski definition) is 1. The zero-order valence-electron chi connectivity index (χ0n) is 11.1. The summed E-state index contributed by atoms with van der Waals surface area (Å²) in [6.07, 6.45) is 2.53. The van der Waals surface area contributed by atoms with Crippen molar-refractivity contribution in [2.75, 3.05) is 19.6 Å². The van der Waals surface area contributed by atoms with Crippen LogP contribution in [0.25, 0.3) is 0 Å². The molecule has 0 saturated carbocycles. The SMILES string of the molecule is CCC1CCN(Cc2ccc(C)cc2)CCN1. The Hall–Kier alpha value is -0.860. The first-order valence-electron chi connectivity index (χ1n) is 6.79. The van der Waals surface area contributed by atoms with Crippen molar-refractivity contribution in [3.8, 4) is 0 Å². The summed E-state index contributed by atoms with van der Waals surface area (Å²) in [6, 6.07) is 9.65. The highest BCUT2D eigenvalue weighted by atomic mass is 15.2. The zero-order chi connectivity index (χ0) is 12.1. The average Bonchev–Trinajstić information content (AvgIpc) is 2.57. The Labute approximate surface area is 105 Å². The molecule has 1 saturated heterocycles. The fourth-order valence-electron chi connectivity index (χ4n) is 2.44. The minimum absolute atomic E-state index is 0.720. The lowest BCUT2D eigenvalue weighted by atomic mass is 10.1. The number of benzene rings is 1. The molecule has 0 amide bonds. The maximum Gasteiger partial charge on any atom is 0.0234 e. The normalized spacial score (nSPS) is 22.4. The molecule has 2 heteroatoms. The Kier molecular flexibility index (Phi) is 4.57. The van der Waals surface area contributed by atoms with Crippen LogP contribution >= 0.6 is 0 Å². The van der Waals surface area contributed by atoms with Gasteiger partial charge in [-0.3, -0.25) is 4.90 Å². The van der Waals surface area contributed by atoms with Gasteiger partial charge in [0.1, 0.15) is 0 Å². The van der Waals surface area contributed by atoms with Gasteiger partial charge in [0.15, 0.2) is 0 Å². The van der Waals surface area contributed by atoms with Crippen LogP contribution in [0.3, 0.4) is 0 Å². The highest BCUT2D eigenvalue weighted by Crippen LogP contribution is 2.10. The third-order valence-corrected chi connectivity index (χ3v) is 3.67. The van der Waals surface area contributed by atoms with E-state index in [4.69, 9.17) is 0 Å². The topological polar surface area (TPSA) is 15.3 Å². The summed E-state index contributed by atoms with van der Waals surface area (Å²) in [5, 5.41) is 3.61. The Morgan fingerprint density at radius 1 is 1.24 bits per heavy atom. The summed E-state index contributed by atoms with van der Waals surface area (Å²) in [7, 11) is 0. The molecule has 0 bridgehead atoms. The van der Waals surface area contributed by atoms with Crippen LogP contribution in [0.15, 0.2) is 24.3 Å². The molecule has 0 spiro atoms. The molecule has 1 heterocycles. The van der Waals surface area contributed by atoms with Crippen LogP contribution in [0.5, 0.6) is 0 Å². The average molecular weight is 232 g/mol. The van der Waals surface area contributed by atoms with Gasteiger partial charge >= 0.3 is 0 Å². The number of hydrogen-bond acceptors (Lipinski definition) is 2. The third-order valence-electron chi connectivity index (χ3n) is 3.67. The minimum atomic E-state index is 0.720. The second-order valence-electron chi connectivity index (χ2n) is 5.11. The van der Waals surface area contributed by atoms with E-state index in [0.717, 1.165) is 19.1 Å². The van der Waals surface area contributed by atoms with Gasteiger partial charge in [-0.15, -0.1) is 0 Å². The second-order valence-corrected chi connectivity index (χ2v) is 5.11. The van der Waals surface area contributed by atoms with Crippen LogP contribution in [0.4, 0.5) is 0 Å². The van der Waals surface area contributed by atoms with Crippen LogP contribution in [-0.4, -0.2) is 30.6 Å². The lowest BCUT2D eigenvalue weighted by Crippen LogP contribution is -2.29. The molecule has 1 aromatic rings. The largest absolute Gasteiger partial charge is 0.313 e. The molecular weight excluding hydrogens is 208 g/mol. The van der Waals surface area contributed by atoms with E-state index in [9.17, 15) is 0 Å². The number of nitrogens with zero attached hydrogens (tertiary/aromatic N) is 1. The van der Waals surface area contributed by atoms with Crippen molar-refractivity contribution in [2.45, 2.75) is 39.3 Å². The molecule has 1 unspecified atom stereocenters. The van der Waals surface area contributed by atoms with E-state index in [0.29, 0.717) is 0 Å². The van der Waals surface area contributed by atoms with Crippen LogP contribution in [0.1, 0.15) is 30.9 Å². The summed E-state index contributed by atoms with van der Waals surface area (Å²) in [6.45, 7) is 9.03. The van der Waals surface area contributed by atoms with Gasteiger partial charge in [-0.25, -0.2) is 0 Å². The first-order chi connectivity index (χ1) is 8.28. The summed E-state index contributed by atoms with van der Waals surface area (Å²) in [5.41, 5.74) is 2.78. The lowest BCUT2D eigenvalue weighted by molar-refractivity contribution is 0.282. The lowest BCUT2D eigenvalue weighted by Gasteiger charge is -2.19. The predicted octanol–water partition coefficient (Wildman–Crippen LogP) is 2.57. The molecule has 1 aliphatic rings. The minimum Gasteiger partial charge on any atom is -0.313 e. The van der Waals surface area contributed by atoms with Gasteiger partial charge in [-0.2, -0.15) is 0 Å². The summed E-state index contributed by atoms with van der Waals surface area (Å²) >= 11 is 0. The van der Waals surface area contributed by atoms with Gasteiger partial charge in [0.25, 0.3) is 0 Å². The fourth-order valence-corrected chi connectivity index (χ4v) is 2.44. The Morgan fingerprint density at radius 3 is 2.71 bits per heavy atom. The first kappa shape index (κ1) is 12.6. The van der Waals surface area contributed by atoms with Crippen LogP contribution < -0.4 is 5.32 Å². The van der Waals surface area contributed by atoms with Crippen LogP contribution in [0.2, 0.25) is 0 Å². The van der Waals surface area contributed by atoms with Crippen molar-refractivity contribution in [3.05, 3.63) is 35.4 Å². The summed E-state index contributed by atoms with van der Waals surface area (Å²) in [4.78, 5) is 2.56. The molecule has 1 atom stereocenters. The van der Waals surface area contributed by atoms with Crippen molar-refractivity contribution < 1.29 is 0 Å². The number of aryl methyl sites for hydroxylation is 1. The van der Waals surface area contributed by atoms with E-state index in [1.54, 1.807) is 0 Å². The van der Waals surface area contributed by atoms with Crippen molar-refractivity contribution >= 4 is 0 Å². The second kappa shape index (κ2) is 6.18. The molecule has 1 fully saturated rings. The van der Waals surface area contributed by atoms with Gasteiger partial charge in [0.2, 0.25) is 0 Å². The first-order valence-corrected chi connectivity index (χ1v) is 6.79. The van der Waals surface area contributed by atoms with Gasteiger partial charge in [-0.1, -0.05) is 36.8 Å². The Bertz CT molecular complexity index is 331. The maximum absolute atomic E-state index is 3.61. The summed E-state index contributed by atoms with van der Waals surface area (Å²) in [5.74, 6) is 0. The molecule has 0 radical (unpaired) electrons. The van der Waals surface area contributed by atoms with Crippen molar-refractivity contribution in [3.63, 3.8) is 0 Å². The highest BCUT2D eigenvalue weighted by Gasteiger charge is 2.14. The van der Waals surface area contributed by atoms with Crippen molar-refractivity contribution in [1.82, 2.24) is 10.2 Å². The van der Waals surface area contributed by atoms with Gasteiger partial charge < -0.3 is 5.32 Å². The van der Waals surface area contributed by atoms with E-state index in [2.05, 4.69) is 48.3 Å². The quantitative estimate of drug-likeness (QED) is 0.861. The van der Waals surface area contributed by atoms with Crippen LogP contribution in [0, 0.1) is 6.92 Å². The van der Waals surface area contributed by atoms with Gasteiger partial charge in [0, 0.05) is 32.2 Å². The van der Waals surface area contributed by atoms with Crippen molar-refractivity contribution in [2.24, 2.45) is 0 Å². The third kappa shape index (κ3) is 3.83. The van der Waals surface area contributed by atoms with E-state index in [1.165, 1.54) is 37.1 Å². The van der Waals surface area contributed by atoms with Gasteiger partial charge in [0.05, 0.1) is 0 Å². The molecule has 1 aromatic carbocycles. The predicted molar refractivity (Wildman–Crippen MR) is 73.2 cm³/mol. The molecule has 1 N–H and O–H groups in total. The molecule has 94 valence electrons. The van der Waals surface area contributed by atoms with E-state index in [1.807, 2.05) is 0 Å². The Morgan fingerprint density at radius 2 is 2.00 bits per heavy atom. The van der Waals surface area contributed by atoms with Crippen molar-refractivity contribution in [1.29, 1.82) is 0 Å². The monoisotopic (exact) mass is 232 g/mol. The molecule has 2 nitrogen and oxygen atoms in total. The zero-order valence-corrected chi connectivity index (χ0v) is 11.1. The highest BCUT2D eigenvalue weighted by molar-refractivity contribution is 5.21. The standard InChI is InChI=1S/C15H24N2/c1-3-15-8-10-17(11-9-16-15)12-14-6-4-13(2)5-7-14/h4-7,15-16H,3,8-12H2,1-2H3. The van der Waals surface area contributed by atoms with Gasteiger partial charge in [-0.05, 0) is 25.3 Å². The molecule has 0 aromatic heterocycles. The smallest absolute Gasteiger partial charge is 0.0234 e. The fraction of sp³-hybridized carbons (Fsp3) is 0.600. The number of nitrogens with one attached hydrogen (secondary N) is 1. The summed E-state index contributed by atoms with van der Waals surface area (Å²) < 4.78 is 0. The number of rotatable bonds is 3. The molecule has 0 aliphatic carbocycles. The van der Waals surface area contributed by atoms with Crippen LogP contribution in [-0.2, 0) is 6.54 Å². The Balaban J connectivity index is 1.88. The van der Waals surface area contributed by atoms with E-state index < -0.39 is 0 Å². The van der Waals surface area contributed by atoms with E-state index in [-0.39, 0.29) is 0 Å². The molecular formula is C15H24N2.